The molecule has 33 heavy (non-hydrogen) atoms. The quantitative estimate of drug-likeness (QED) is 0.639. The van der Waals surface area contributed by atoms with Gasteiger partial charge < -0.3 is 14.3 Å². The molecule has 4 aliphatic heterocycles. The fourth-order valence-electron chi connectivity index (χ4n) is 8.18. The van der Waals surface area contributed by atoms with Crippen LogP contribution in [0.5, 0.6) is 0 Å². The number of nitrogens with zero attached hydrogens (tertiary/aromatic N) is 3. The van der Waals surface area contributed by atoms with E-state index in [1.54, 1.807) is 0 Å². The van der Waals surface area contributed by atoms with Gasteiger partial charge in [-0.3, -0.25) is 9.59 Å². The zero-order valence-corrected chi connectivity index (χ0v) is 20.1. The Morgan fingerprint density at radius 1 is 1.09 bits per heavy atom. The maximum atomic E-state index is 14.5. The second-order valence-corrected chi connectivity index (χ2v) is 11.7. The predicted molar refractivity (Wildman–Crippen MR) is 126 cm³/mol. The number of halogens is 1. The van der Waals surface area contributed by atoms with Crippen LogP contribution in [0.15, 0.2) is 18.2 Å². The lowest BCUT2D eigenvalue weighted by Crippen LogP contribution is -2.64. The first-order chi connectivity index (χ1) is 15.8. The standard InChI is InChI=1S/C27H37FN3O2/c1-27-11-7-23-21-6-5-20(29-13-8-19(9-14-29)30-12-3-4-25(30)32)16-18(21)10-15-31(23,2)24(27)17-22(28)26(27)33/h5-6,16,19,22-24H,3-4,7-15,17H2,1-2H3/q+1. The molecule has 6 heteroatoms. The molecule has 1 saturated carbocycles. The van der Waals surface area contributed by atoms with Crippen LogP contribution in [0.2, 0.25) is 0 Å². The van der Waals surface area contributed by atoms with Crippen LogP contribution in [-0.4, -0.2) is 72.6 Å². The molecule has 3 saturated heterocycles. The molecule has 0 spiro atoms. The van der Waals surface area contributed by atoms with Crippen LogP contribution >= 0.6 is 0 Å². The molecule has 1 aromatic rings. The van der Waals surface area contributed by atoms with Crippen LogP contribution < -0.4 is 4.90 Å². The molecule has 4 fully saturated rings. The highest BCUT2D eigenvalue weighted by atomic mass is 19.1. The van der Waals surface area contributed by atoms with Crippen LogP contribution in [0.25, 0.3) is 0 Å². The number of likely N-dealkylation sites (tertiary alicyclic amines) is 1. The van der Waals surface area contributed by atoms with E-state index in [1.165, 1.54) is 16.8 Å². The largest absolute Gasteiger partial charge is 0.371 e. The zero-order valence-electron chi connectivity index (χ0n) is 20.1. The third-order valence-corrected chi connectivity index (χ3v) is 10.1. The number of amides is 1. The van der Waals surface area contributed by atoms with Crippen LogP contribution in [0.1, 0.15) is 69.0 Å². The third-order valence-electron chi connectivity index (χ3n) is 10.1. The molecule has 4 heterocycles. The highest BCUT2D eigenvalue weighted by Gasteiger charge is 2.64. The van der Waals surface area contributed by atoms with Crippen molar-refractivity contribution in [3.05, 3.63) is 29.3 Å². The first-order valence-corrected chi connectivity index (χ1v) is 13.0. The first-order valence-electron chi connectivity index (χ1n) is 13.0. The lowest BCUT2D eigenvalue weighted by atomic mass is 9.69. The van der Waals surface area contributed by atoms with E-state index in [4.69, 9.17) is 0 Å². The van der Waals surface area contributed by atoms with Gasteiger partial charge in [0.05, 0.1) is 19.0 Å². The Balaban J connectivity index is 1.20. The van der Waals surface area contributed by atoms with Gasteiger partial charge >= 0.3 is 0 Å². The minimum atomic E-state index is -1.28. The Hall–Kier alpha value is -1.95. The predicted octanol–water partition coefficient (Wildman–Crippen LogP) is 3.80. The summed E-state index contributed by atoms with van der Waals surface area (Å²) in [6.07, 6.45) is 5.72. The molecule has 5 nitrogen and oxygen atoms in total. The SMILES string of the molecule is CC12CCC3c4ccc(N5CCC(N6CCCC6=O)CC5)cc4CC[N+]3(C)C1CC(F)C2=O. The molecule has 0 bridgehead atoms. The van der Waals surface area contributed by atoms with E-state index in [1.807, 2.05) is 6.92 Å². The second-order valence-electron chi connectivity index (χ2n) is 11.7. The molecule has 178 valence electrons. The number of hydrogen-bond acceptors (Lipinski definition) is 3. The van der Waals surface area contributed by atoms with Crippen molar-refractivity contribution in [2.75, 3.05) is 38.1 Å². The summed E-state index contributed by atoms with van der Waals surface area (Å²) in [4.78, 5) is 29.4. The molecule has 1 aromatic carbocycles. The van der Waals surface area contributed by atoms with Crippen molar-refractivity contribution in [1.82, 2.24) is 4.90 Å². The number of fused-ring (bicyclic) bond motifs is 5. The summed E-state index contributed by atoms with van der Waals surface area (Å²) in [5.41, 5.74) is 3.66. The number of anilines is 1. The van der Waals surface area contributed by atoms with Gasteiger partial charge in [0.1, 0.15) is 12.1 Å². The maximum Gasteiger partial charge on any atom is 0.222 e. The smallest absolute Gasteiger partial charge is 0.222 e. The number of hydrogen-bond donors (Lipinski definition) is 0. The number of alkyl halides is 1. The normalized spacial score (nSPS) is 38.9. The van der Waals surface area contributed by atoms with Gasteiger partial charge in [0.2, 0.25) is 5.91 Å². The molecule has 1 aliphatic carbocycles. The Bertz CT molecular complexity index is 990. The molecular formula is C27H37FN3O2+. The van der Waals surface area contributed by atoms with Crippen molar-refractivity contribution >= 4 is 17.4 Å². The number of piperidine rings is 2. The summed E-state index contributed by atoms with van der Waals surface area (Å²) < 4.78 is 15.3. The van der Waals surface area contributed by atoms with Crippen molar-refractivity contribution in [2.45, 2.75) is 82.6 Å². The number of likely N-dealkylation sites (N-methyl/N-ethyl adjacent to an activating group) is 1. The van der Waals surface area contributed by atoms with Crippen molar-refractivity contribution in [3.8, 4) is 0 Å². The van der Waals surface area contributed by atoms with Gasteiger partial charge in [-0.1, -0.05) is 6.07 Å². The number of Topliss-reactive ketones (excluding diaryl/α,β-unsaturated/α-hetero) is 1. The van der Waals surface area contributed by atoms with Crippen molar-refractivity contribution in [2.24, 2.45) is 5.41 Å². The van der Waals surface area contributed by atoms with E-state index >= 15 is 0 Å². The van der Waals surface area contributed by atoms with Gasteiger partial charge in [-0.25, -0.2) is 4.39 Å². The summed E-state index contributed by atoms with van der Waals surface area (Å²) in [7, 11) is 2.28. The van der Waals surface area contributed by atoms with E-state index in [2.05, 4.69) is 35.0 Å². The lowest BCUT2D eigenvalue weighted by molar-refractivity contribution is -0.974. The Morgan fingerprint density at radius 3 is 2.61 bits per heavy atom. The molecule has 5 aliphatic rings. The molecule has 1 amide bonds. The molecule has 0 N–H and O–H groups in total. The first kappa shape index (κ1) is 21.6. The number of ketones is 1. The van der Waals surface area contributed by atoms with Crippen LogP contribution in [0.4, 0.5) is 10.1 Å². The highest BCUT2D eigenvalue weighted by Crippen LogP contribution is 2.56. The number of rotatable bonds is 2. The summed E-state index contributed by atoms with van der Waals surface area (Å²) in [5, 5.41) is 0. The summed E-state index contributed by atoms with van der Waals surface area (Å²) in [5.74, 6) is 0.195. The van der Waals surface area contributed by atoms with E-state index in [0.29, 0.717) is 24.4 Å². The topological polar surface area (TPSA) is 40.6 Å². The van der Waals surface area contributed by atoms with Gasteiger partial charge in [-0.05, 0) is 50.3 Å². The van der Waals surface area contributed by atoms with Crippen molar-refractivity contribution in [3.63, 3.8) is 0 Å². The van der Waals surface area contributed by atoms with Crippen LogP contribution in [-0.2, 0) is 16.0 Å². The molecule has 6 rings (SSSR count). The minimum absolute atomic E-state index is 0.0962. The van der Waals surface area contributed by atoms with E-state index in [9.17, 15) is 14.0 Å². The summed E-state index contributed by atoms with van der Waals surface area (Å²) in [6, 6.07) is 7.88. The fourth-order valence-corrected chi connectivity index (χ4v) is 8.18. The average molecular weight is 455 g/mol. The molecule has 0 aromatic heterocycles. The van der Waals surface area contributed by atoms with Crippen molar-refractivity contribution < 1.29 is 18.5 Å². The second kappa shape index (κ2) is 7.53. The zero-order chi connectivity index (χ0) is 23.0. The molecule has 5 unspecified atom stereocenters. The molecule has 0 radical (unpaired) electrons. The minimum Gasteiger partial charge on any atom is -0.371 e. The van der Waals surface area contributed by atoms with Gasteiger partial charge in [-0.15, -0.1) is 0 Å². The van der Waals surface area contributed by atoms with Crippen LogP contribution in [0.3, 0.4) is 0 Å². The Morgan fingerprint density at radius 2 is 1.88 bits per heavy atom. The van der Waals surface area contributed by atoms with Crippen LogP contribution in [0, 0.1) is 5.41 Å². The third kappa shape index (κ3) is 3.12. The highest BCUT2D eigenvalue weighted by molar-refractivity contribution is 5.91. The maximum absolute atomic E-state index is 14.5. The van der Waals surface area contributed by atoms with Crippen molar-refractivity contribution in [1.29, 1.82) is 0 Å². The summed E-state index contributed by atoms with van der Waals surface area (Å²) >= 11 is 0. The van der Waals surface area contributed by atoms with Gasteiger partial charge in [0.25, 0.3) is 0 Å². The van der Waals surface area contributed by atoms with Gasteiger partial charge in [0.15, 0.2) is 12.0 Å². The number of benzene rings is 1. The van der Waals surface area contributed by atoms with E-state index < -0.39 is 11.6 Å². The number of carbonyl (C=O) groups excluding carboxylic acids is 2. The van der Waals surface area contributed by atoms with Gasteiger partial charge in [-0.2, -0.15) is 0 Å². The van der Waals surface area contributed by atoms with E-state index in [0.717, 1.165) is 75.6 Å². The van der Waals surface area contributed by atoms with Gasteiger partial charge in [0, 0.05) is 62.6 Å². The number of quaternary nitrogens is 1. The molecular weight excluding hydrogens is 417 g/mol. The monoisotopic (exact) mass is 454 g/mol. The fraction of sp³-hybridized carbons (Fsp3) is 0.704. The Labute approximate surface area is 196 Å². The van der Waals surface area contributed by atoms with E-state index in [-0.39, 0.29) is 11.8 Å². The lowest BCUT2D eigenvalue weighted by Gasteiger charge is -2.56. The molecule has 5 atom stereocenters. The Kier molecular flexibility index (Phi) is 4.92. The summed E-state index contributed by atoms with van der Waals surface area (Å²) in [6.45, 7) is 5.96. The number of carbonyl (C=O) groups is 2. The average Bonchev–Trinajstić information content (AvgIpc) is 3.35.